The van der Waals surface area contributed by atoms with Crippen molar-refractivity contribution >= 4 is 45.6 Å². The van der Waals surface area contributed by atoms with E-state index in [1.807, 2.05) is 37.3 Å². The molecule has 0 fully saturated rings. The van der Waals surface area contributed by atoms with Crippen molar-refractivity contribution in [1.82, 2.24) is 0 Å². The number of aromatic hydroxyl groups is 1. The van der Waals surface area contributed by atoms with Crippen molar-refractivity contribution in [1.29, 1.82) is 0 Å². The summed E-state index contributed by atoms with van der Waals surface area (Å²) in [5.74, 6) is -5.22. The van der Waals surface area contributed by atoms with Crippen LogP contribution in [0.1, 0.15) is 89.4 Å². The fourth-order valence-corrected chi connectivity index (χ4v) is 7.91. The maximum Gasteiger partial charge on any atom is 0.356 e. The lowest BCUT2D eigenvalue weighted by molar-refractivity contribution is -0.151. The van der Waals surface area contributed by atoms with Crippen LogP contribution in [0, 0.1) is 48.5 Å². The number of benzene rings is 4. The van der Waals surface area contributed by atoms with Crippen molar-refractivity contribution in [3.05, 3.63) is 126 Å². The Morgan fingerprint density at radius 2 is 1.34 bits per heavy atom. The van der Waals surface area contributed by atoms with Crippen LogP contribution in [0.2, 0.25) is 0 Å². The second-order valence-corrected chi connectivity index (χ2v) is 14.9. The third-order valence-electron chi connectivity index (χ3n) is 10.8. The molecule has 13 heteroatoms. The average molecular weight is 856 g/mol. The van der Waals surface area contributed by atoms with Gasteiger partial charge in [0.05, 0.1) is 18.2 Å². The number of phenolic OH excluding ortho intramolecular Hbond substituents is 1. The van der Waals surface area contributed by atoms with E-state index < -0.39 is 41.0 Å². The summed E-state index contributed by atoms with van der Waals surface area (Å²) in [5, 5.41) is 32.7. The van der Waals surface area contributed by atoms with Gasteiger partial charge in [-0.05, 0) is 146 Å². The molecule has 58 heavy (non-hydrogen) atoms. The minimum atomic E-state index is -2.44. The van der Waals surface area contributed by atoms with E-state index in [4.69, 9.17) is 18.9 Å². The minimum Gasteiger partial charge on any atom is -0.506 e. The van der Waals surface area contributed by atoms with Crippen LogP contribution in [0.15, 0.2) is 64.4 Å². The molecule has 12 nitrogen and oxygen atoms in total. The third kappa shape index (κ3) is 7.31. The second kappa shape index (κ2) is 16.4. The number of allylic oxidation sites excluding steroid dienone is 2. The van der Waals surface area contributed by atoms with Crippen molar-refractivity contribution < 1.29 is 58.2 Å². The minimum absolute atomic E-state index is 0.0424. The van der Waals surface area contributed by atoms with Gasteiger partial charge in [-0.25, -0.2) is 19.2 Å². The number of hydrogen-bond acceptors (Lipinski definition) is 11. The van der Waals surface area contributed by atoms with Crippen LogP contribution in [0.4, 0.5) is 0 Å². The number of carbonyl (C=O) groups excluding carboxylic acids is 4. The van der Waals surface area contributed by atoms with Gasteiger partial charge in [-0.15, -0.1) is 0 Å². The van der Waals surface area contributed by atoms with E-state index in [-0.39, 0.29) is 60.9 Å². The molecule has 0 amide bonds. The smallest absolute Gasteiger partial charge is 0.356 e. The Morgan fingerprint density at radius 3 is 1.93 bits per heavy atom. The van der Waals surface area contributed by atoms with Crippen molar-refractivity contribution in [3.8, 4) is 34.1 Å². The lowest BCUT2D eigenvalue weighted by atomic mass is 9.87. The number of rotatable bonds is 10. The Bertz CT molecular complexity index is 2480. The molecular formula is C45H43BrO12. The highest BCUT2D eigenvalue weighted by atomic mass is 79.9. The highest BCUT2D eigenvalue weighted by molar-refractivity contribution is 9.10. The molecule has 5 rings (SSSR count). The highest BCUT2D eigenvalue weighted by Gasteiger charge is 2.48. The first kappa shape index (κ1) is 43.1. The third-order valence-corrected chi connectivity index (χ3v) is 11.5. The van der Waals surface area contributed by atoms with Crippen molar-refractivity contribution in [3.63, 3.8) is 0 Å². The number of ketones is 1. The maximum atomic E-state index is 14.2. The molecule has 0 spiro atoms. The van der Waals surface area contributed by atoms with Crippen LogP contribution in [0.3, 0.4) is 0 Å². The number of carboxylic acid groups (broad SMARTS) is 1. The monoisotopic (exact) mass is 854 g/mol. The quantitative estimate of drug-likeness (QED) is 0.103. The molecule has 4 aromatic carbocycles. The average Bonchev–Trinajstić information content (AvgIpc) is 3.16. The predicted octanol–water partition coefficient (Wildman–Crippen LogP) is 8.38. The predicted molar refractivity (Wildman–Crippen MR) is 218 cm³/mol. The molecule has 0 aromatic heterocycles. The zero-order valence-corrected chi connectivity index (χ0v) is 35.3. The lowest BCUT2D eigenvalue weighted by Gasteiger charge is -2.30. The summed E-state index contributed by atoms with van der Waals surface area (Å²) in [7, 11) is 1.19. The summed E-state index contributed by atoms with van der Waals surface area (Å²) >= 11 is 3.23. The molecule has 1 aliphatic carbocycles. The maximum absolute atomic E-state index is 14.2. The molecule has 1 aliphatic rings. The molecule has 0 unspecified atom stereocenters. The Hall–Kier alpha value is -6.05. The molecule has 0 saturated carbocycles. The Balaban J connectivity index is 1.49. The molecule has 4 aromatic rings. The van der Waals surface area contributed by atoms with Gasteiger partial charge in [0, 0.05) is 11.6 Å². The standard InChI is InChI=1S/C45H43BrO12/c1-11-30-26(8)34(41(49)50)27(9)35(28-15-13-12-14-16-28)40(30)57-42(51)33-20(2)17-31(22(4)23(33)5)56-43(52)36-24(6)25(7)39(37(46)38(36)48)58-44(53)45(54)21(3)18-29(47)19-32(45)55-10/h12-19,48,54H,11H2,1-10H3,(H,49,50)/t45-/m1/s1. The zero-order chi connectivity index (χ0) is 43.1. The van der Waals surface area contributed by atoms with Crippen LogP contribution in [-0.4, -0.2) is 57.7 Å². The molecule has 3 N–H and O–H groups in total. The first-order chi connectivity index (χ1) is 27.2. The van der Waals surface area contributed by atoms with E-state index in [0.717, 1.165) is 12.2 Å². The van der Waals surface area contributed by atoms with Gasteiger partial charge in [-0.1, -0.05) is 37.3 Å². The number of esters is 3. The van der Waals surface area contributed by atoms with Gasteiger partial charge < -0.3 is 34.3 Å². The SMILES string of the molecule is CCc1c(C)c(C(=O)O)c(C)c(-c2ccccc2)c1OC(=O)c1c(C)cc(OC(=O)c2c(C)c(C)c(OC(=O)[C@@]3(O)C(C)=CC(=O)C=C3OC)c(Br)c2O)c(C)c1C. The molecule has 1 atom stereocenters. The van der Waals surface area contributed by atoms with Crippen LogP contribution >= 0.6 is 15.9 Å². The molecule has 0 radical (unpaired) electrons. The summed E-state index contributed by atoms with van der Waals surface area (Å²) in [4.78, 5) is 65.8. The summed E-state index contributed by atoms with van der Waals surface area (Å²) in [6, 6.07) is 10.6. The number of aryl methyl sites for hydroxylation is 1. The summed E-state index contributed by atoms with van der Waals surface area (Å²) in [6.07, 6.45) is 2.42. The fourth-order valence-electron chi connectivity index (χ4n) is 7.33. The number of phenols is 1. The van der Waals surface area contributed by atoms with Gasteiger partial charge in [0.1, 0.15) is 33.0 Å². The highest BCUT2D eigenvalue weighted by Crippen LogP contribution is 2.45. The van der Waals surface area contributed by atoms with Crippen LogP contribution in [-0.2, 0) is 20.7 Å². The van der Waals surface area contributed by atoms with Crippen LogP contribution < -0.4 is 14.2 Å². The van der Waals surface area contributed by atoms with E-state index in [0.29, 0.717) is 50.9 Å². The number of hydrogen-bond donors (Lipinski definition) is 3. The van der Waals surface area contributed by atoms with Crippen molar-refractivity contribution in [2.75, 3.05) is 7.11 Å². The Kier molecular flexibility index (Phi) is 12.2. The largest absolute Gasteiger partial charge is 0.506 e. The number of methoxy groups -OCH3 is 1. The zero-order valence-electron chi connectivity index (χ0n) is 33.7. The Labute approximate surface area is 343 Å². The Morgan fingerprint density at radius 1 is 0.741 bits per heavy atom. The number of aromatic carboxylic acids is 1. The number of carboxylic acids is 1. The number of ether oxygens (including phenoxy) is 4. The number of halogens is 1. The molecule has 302 valence electrons. The topological polar surface area (TPSA) is 183 Å². The van der Waals surface area contributed by atoms with E-state index >= 15 is 0 Å². The van der Waals surface area contributed by atoms with Crippen molar-refractivity contribution in [2.45, 2.75) is 74.3 Å². The second-order valence-electron chi connectivity index (χ2n) is 14.1. The van der Waals surface area contributed by atoms with Gasteiger partial charge in [0.2, 0.25) is 5.60 Å². The molecule has 0 bridgehead atoms. The van der Waals surface area contributed by atoms with E-state index in [1.165, 1.54) is 33.9 Å². The molecule has 0 aliphatic heterocycles. The van der Waals surface area contributed by atoms with E-state index in [1.54, 1.807) is 34.6 Å². The van der Waals surface area contributed by atoms with Gasteiger partial charge in [0.25, 0.3) is 0 Å². The number of carbonyl (C=O) groups is 5. The van der Waals surface area contributed by atoms with Crippen molar-refractivity contribution in [2.24, 2.45) is 0 Å². The summed E-state index contributed by atoms with van der Waals surface area (Å²) in [5.41, 5.74) is 2.11. The summed E-state index contributed by atoms with van der Waals surface area (Å²) < 4.78 is 22.6. The molecule has 0 saturated heterocycles. The first-order valence-corrected chi connectivity index (χ1v) is 19.0. The van der Waals surface area contributed by atoms with E-state index in [2.05, 4.69) is 15.9 Å². The van der Waals surface area contributed by atoms with Gasteiger partial charge in [0.15, 0.2) is 11.5 Å². The normalized spacial score (nSPS) is 15.0. The number of aliphatic hydroxyl groups is 1. The molecule has 0 heterocycles. The van der Waals surface area contributed by atoms with Crippen LogP contribution in [0.25, 0.3) is 11.1 Å². The first-order valence-electron chi connectivity index (χ1n) is 18.2. The molecular weight excluding hydrogens is 812 g/mol. The lowest BCUT2D eigenvalue weighted by Crippen LogP contribution is -2.47. The summed E-state index contributed by atoms with van der Waals surface area (Å²) in [6.45, 7) is 14.7. The van der Waals surface area contributed by atoms with Gasteiger partial charge in [-0.3, -0.25) is 4.79 Å². The van der Waals surface area contributed by atoms with E-state index in [9.17, 15) is 39.3 Å². The van der Waals surface area contributed by atoms with Gasteiger partial charge in [-0.2, -0.15) is 0 Å². The van der Waals surface area contributed by atoms with Crippen LogP contribution in [0.5, 0.6) is 23.0 Å². The van der Waals surface area contributed by atoms with Gasteiger partial charge >= 0.3 is 23.9 Å². The fraction of sp³-hybridized carbons (Fsp3) is 0.267.